The lowest BCUT2D eigenvalue weighted by Gasteiger charge is -2.06. The molecule has 3 N–H and O–H groups in total. The highest BCUT2D eigenvalue weighted by Gasteiger charge is 2.16. The van der Waals surface area contributed by atoms with Crippen molar-refractivity contribution in [3.05, 3.63) is 23.3 Å². The van der Waals surface area contributed by atoms with E-state index in [4.69, 9.17) is 10.8 Å². The van der Waals surface area contributed by atoms with Crippen molar-refractivity contribution in [3.63, 3.8) is 0 Å². The Bertz CT molecular complexity index is 318. The molecule has 70 valence electrons. The van der Waals surface area contributed by atoms with Crippen LogP contribution >= 0.6 is 0 Å². The summed E-state index contributed by atoms with van der Waals surface area (Å²) in [6, 6.07) is 0.506. The van der Waals surface area contributed by atoms with Crippen LogP contribution in [0.3, 0.4) is 0 Å². The average Bonchev–Trinajstić information content (AvgIpc) is 2.01. The van der Waals surface area contributed by atoms with E-state index in [2.05, 4.69) is 9.97 Å². The Labute approximate surface area is 75.6 Å². The first-order chi connectivity index (χ1) is 6.00. The van der Waals surface area contributed by atoms with Crippen molar-refractivity contribution in [2.45, 2.75) is 19.9 Å². The Morgan fingerprint density at radius 1 is 1.54 bits per heavy atom. The first-order valence-electron chi connectivity index (χ1n) is 3.81. The van der Waals surface area contributed by atoms with Crippen LogP contribution in [-0.2, 0) is 4.79 Å². The molecule has 1 aromatic rings. The second-order valence-electron chi connectivity index (χ2n) is 2.80. The fourth-order valence-electron chi connectivity index (χ4n) is 1.03. The predicted molar refractivity (Wildman–Crippen MR) is 46.1 cm³/mol. The molecule has 1 heterocycles. The second-order valence-corrected chi connectivity index (χ2v) is 2.80. The van der Waals surface area contributed by atoms with E-state index in [-0.39, 0.29) is 0 Å². The van der Waals surface area contributed by atoms with Gasteiger partial charge < -0.3 is 10.8 Å². The summed E-state index contributed by atoms with van der Waals surface area (Å²) in [5, 5.41) is 8.63. The molecular weight excluding hydrogens is 170 g/mol. The number of rotatable bonds is 2. The van der Waals surface area contributed by atoms with Gasteiger partial charge in [-0.05, 0) is 19.9 Å². The number of hydrogen-bond donors (Lipinski definition) is 2. The summed E-state index contributed by atoms with van der Waals surface area (Å²) >= 11 is 0. The molecule has 0 saturated carbocycles. The Morgan fingerprint density at radius 3 is 2.62 bits per heavy atom. The lowest BCUT2D eigenvalue weighted by atomic mass is 10.2. The van der Waals surface area contributed by atoms with Crippen LogP contribution in [0.5, 0.6) is 0 Å². The molecule has 0 bridgehead atoms. The third kappa shape index (κ3) is 2.22. The van der Waals surface area contributed by atoms with Crippen LogP contribution < -0.4 is 5.73 Å². The zero-order valence-corrected chi connectivity index (χ0v) is 7.48. The first-order valence-corrected chi connectivity index (χ1v) is 3.81. The quantitative estimate of drug-likeness (QED) is 0.679. The molecule has 0 amide bonds. The van der Waals surface area contributed by atoms with Crippen LogP contribution in [0, 0.1) is 13.8 Å². The van der Waals surface area contributed by atoms with Gasteiger partial charge in [0.25, 0.3) is 0 Å². The maximum absolute atomic E-state index is 10.5. The van der Waals surface area contributed by atoms with Crippen LogP contribution in [0.4, 0.5) is 0 Å². The molecule has 13 heavy (non-hydrogen) atoms. The van der Waals surface area contributed by atoms with Gasteiger partial charge in [-0.15, -0.1) is 0 Å². The minimum Gasteiger partial charge on any atom is -0.480 e. The lowest BCUT2D eigenvalue weighted by Crippen LogP contribution is -2.22. The summed E-state index contributed by atoms with van der Waals surface area (Å²) in [6.45, 7) is 3.47. The topological polar surface area (TPSA) is 89.1 Å². The largest absolute Gasteiger partial charge is 0.480 e. The van der Waals surface area contributed by atoms with Gasteiger partial charge in [0.05, 0.1) is 5.69 Å². The van der Waals surface area contributed by atoms with Gasteiger partial charge in [0, 0.05) is 5.69 Å². The molecule has 0 saturated heterocycles. The van der Waals surface area contributed by atoms with Crippen LogP contribution in [0.25, 0.3) is 0 Å². The molecule has 1 aromatic heterocycles. The van der Waals surface area contributed by atoms with Gasteiger partial charge in [-0.25, -0.2) is 9.97 Å². The van der Waals surface area contributed by atoms with E-state index < -0.39 is 12.0 Å². The predicted octanol–water partition coefficient (Wildman–Crippen LogP) is 0.178. The number of aliphatic carboxylic acids is 1. The molecule has 0 fully saturated rings. The zero-order chi connectivity index (χ0) is 10.0. The lowest BCUT2D eigenvalue weighted by molar-refractivity contribution is -0.138. The number of carboxylic acid groups (broad SMARTS) is 1. The Balaban J connectivity index is 3.07. The summed E-state index contributed by atoms with van der Waals surface area (Å²) in [7, 11) is 0. The van der Waals surface area contributed by atoms with Crippen molar-refractivity contribution in [2.75, 3.05) is 0 Å². The maximum Gasteiger partial charge on any atom is 0.326 e. The molecule has 0 radical (unpaired) electrons. The van der Waals surface area contributed by atoms with Gasteiger partial charge in [-0.2, -0.15) is 0 Å². The molecule has 0 spiro atoms. The molecule has 5 heteroatoms. The number of nitrogens with two attached hydrogens (primary N) is 1. The first kappa shape index (κ1) is 9.60. The molecule has 0 aliphatic heterocycles. The van der Waals surface area contributed by atoms with Gasteiger partial charge >= 0.3 is 5.97 Å². The minimum absolute atomic E-state index is 0.345. The Kier molecular flexibility index (Phi) is 2.57. The maximum atomic E-state index is 10.5. The normalized spacial score (nSPS) is 12.5. The van der Waals surface area contributed by atoms with Crippen LogP contribution in [0.1, 0.15) is 23.3 Å². The summed E-state index contributed by atoms with van der Waals surface area (Å²) < 4.78 is 0. The summed E-state index contributed by atoms with van der Waals surface area (Å²) in [5.74, 6) is -0.552. The number of aromatic nitrogens is 2. The smallest absolute Gasteiger partial charge is 0.326 e. The SMILES string of the molecule is Cc1cc(C(N)C(=O)O)nc(C)n1. The van der Waals surface area contributed by atoms with Crippen molar-refractivity contribution in [2.24, 2.45) is 5.73 Å². The Morgan fingerprint density at radius 2 is 2.15 bits per heavy atom. The molecule has 1 atom stereocenters. The monoisotopic (exact) mass is 181 g/mol. The van der Waals surface area contributed by atoms with Crippen molar-refractivity contribution < 1.29 is 9.90 Å². The van der Waals surface area contributed by atoms with Gasteiger partial charge in [0.1, 0.15) is 11.9 Å². The van der Waals surface area contributed by atoms with Crippen LogP contribution in [0.2, 0.25) is 0 Å². The number of carboxylic acids is 1. The highest BCUT2D eigenvalue weighted by Crippen LogP contribution is 2.08. The molecule has 1 unspecified atom stereocenters. The summed E-state index contributed by atoms with van der Waals surface area (Å²) in [5.41, 5.74) is 6.45. The number of aryl methyl sites for hydroxylation is 2. The van der Waals surface area contributed by atoms with Gasteiger partial charge in [-0.1, -0.05) is 0 Å². The van der Waals surface area contributed by atoms with Crippen molar-refractivity contribution in [1.82, 2.24) is 9.97 Å². The zero-order valence-electron chi connectivity index (χ0n) is 7.48. The van der Waals surface area contributed by atoms with E-state index in [9.17, 15) is 4.79 Å². The molecule has 0 aliphatic rings. The molecule has 0 aromatic carbocycles. The third-order valence-corrected chi connectivity index (χ3v) is 1.57. The molecule has 5 nitrogen and oxygen atoms in total. The van der Waals surface area contributed by atoms with E-state index >= 15 is 0 Å². The van der Waals surface area contributed by atoms with Gasteiger partial charge in [0.2, 0.25) is 0 Å². The second kappa shape index (κ2) is 3.49. The van der Waals surface area contributed by atoms with Crippen LogP contribution in [0.15, 0.2) is 6.07 Å². The Hall–Kier alpha value is -1.49. The highest BCUT2D eigenvalue weighted by atomic mass is 16.4. The van der Waals surface area contributed by atoms with E-state index in [0.717, 1.165) is 5.69 Å². The summed E-state index contributed by atoms with van der Waals surface area (Å²) in [6.07, 6.45) is 0. The van der Waals surface area contributed by atoms with E-state index in [1.54, 1.807) is 19.9 Å². The number of nitrogens with zero attached hydrogens (tertiary/aromatic N) is 2. The van der Waals surface area contributed by atoms with E-state index in [0.29, 0.717) is 11.5 Å². The number of carbonyl (C=O) groups is 1. The van der Waals surface area contributed by atoms with Gasteiger partial charge in [0.15, 0.2) is 0 Å². The minimum atomic E-state index is -1.09. The number of hydrogen-bond acceptors (Lipinski definition) is 4. The fourth-order valence-corrected chi connectivity index (χ4v) is 1.03. The molecule has 0 aliphatic carbocycles. The standard InChI is InChI=1S/C8H11N3O2/c1-4-3-6(7(9)8(12)13)11-5(2)10-4/h3,7H,9H2,1-2H3,(H,12,13). The highest BCUT2D eigenvalue weighted by molar-refractivity contribution is 5.74. The average molecular weight is 181 g/mol. The van der Waals surface area contributed by atoms with Crippen molar-refractivity contribution in [3.8, 4) is 0 Å². The molecule has 1 rings (SSSR count). The summed E-state index contributed by atoms with van der Waals surface area (Å²) in [4.78, 5) is 18.5. The van der Waals surface area contributed by atoms with E-state index in [1.807, 2.05) is 0 Å². The van der Waals surface area contributed by atoms with Crippen LogP contribution in [-0.4, -0.2) is 21.0 Å². The third-order valence-electron chi connectivity index (χ3n) is 1.57. The fraction of sp³-hybridized carbons (Fsp3) is 0.375. The van der Waals surface area contributed by atoms with Crippen molar-refractivity contribution >= 4 is 5.97 Å². The van der Waals surface area contributed by atoms with Gasteiger partial charge in [-0.3, -0.25) is 4.79 Å². The van der Waals surface area contributed by atoms with E-state index in [1.165, 1.54) is 0 Å². The van der Waals surface area contributed by atoms with Crippen molar-refractivity contribution in [1.29, 1.82) is 0 Å². The molecular formula is C8H11N3O2.